The van der Waals surface area contributed by atoms with Gasteiger partial charge in [-0.05, 0) is 23.8 Å². The number of aromatic nitrogens is 1. The van der Waals surface area contributed by atoms with Gasteiger partial charge < -0.3 is 11.1 Å². The molecule has 0 saturated heterocycles. The van der Waals surface area contributed by atoms with Crippen molar-refractivity contribution in [3.8, 4) is 0 Å². The summed E-state index contributed by atoms with van der Waals surface area (Å²) in [6, 6.07) is 9.45. The van der Waals surface area contributed by atoms with E-state index in [1.54, 1.807) is 18.5 Å². The first kappa shape index (κ1) is 12.8. The minimum atomic E-state index is 0.353. The van der Waals surface area contributed by atoms with Gasteiger partial charge in [0.05, 0.1) is 11.9 Å². The second-order valence-electron chi connectivity index (χ2n) is 3.77. The van der Waals surface area contributed by atoms with Crippen LogP contribution in [-0.4, -0.2) is 9.97 Å². The van der Waals surface area contributed by atoms with Crippen LogP contribution in [0.4, 0.5) is 5.69 Å². The van der Waals surface area contributed by atoms with Crippen LogP contribution in [0.25, 0.3) is 0 Å². The number of thiocarbonyl (C=S) groups is 1. The molecule has 1 heterocycles. The topological polar surface area (TPSA) is 50.9 Å². The maximum Gasteiger partial charge on any atom is 0.106 e. The van der Waals surface area contributed by atoms with Crippen molar-refractivity contribution in [2.24, 2.45) is 5.73 Å². The van der Waals surface area contributed by atoms with E-state index in [-0.39, 0.29) is 0 Å². The van der Waals surface area contributed by atoms with Crippen molar-refractivity contribution in [3.63, 3.8) is 0 Å². The summed E-state index contributed by atoms with van der Waals surface area (Å²) in [4.78, 5) is 4.41. The van der Waals surface area contributed by atoms with Crippen LogP contribution in [0.3, 0.4) is 0 Å². The van der Waals surface area contributed by atoms with E-state index in [1.165, 1.54) is 0 Å². The molecule has 1 aromatic carbocycles. The molecule has 2 rings (SSSR count). The number of hydrogen-bond acceptors (Lipinski definition) is 3. The Balaban J connectivity index is 2.13. The lowest BCUT2D eigenvalue weighted by molar-refractivity contribution is 1.13. The van der Waals surface area contributed by atoms with E-state index in [9.17, 15) is 0 Å². The highest BCUT2D eigenvalue weighted by molar-refractivity contribution is 7.80. The van der Waals surface area contributed by atoms with Crippen molar-refractivity contribution >= 4 is 34.5 Å². The van der Waals surface area contributed by atoms with Crippen molar-refractivity contribution < 1.29 is 0 Å². The number of hydrogen-bond donors (Lipinski definition) is 2. The first-order valence-electron chi connectivity index (χ1n) is 5.39. The fourth-order valence-electron chi connectivity index (χ4n) is 1.59. The van der Waals surface area contributed by atoms with Gasteiger partial charge in [0.15, 0.2) is 0 Å². The molecule has 3 nitrogen and oxygen atoms in total. The minimum absolute atomic E-state index is 0.353. The smallest absolute Gasteiger partial charge is 0.106 e. The molecular formula is C13H12ClN3S. The zero-order chi connectivity index (χ0) is 13.0. The number of halogens is 1. The van der Waals surface area contributed by atoms with Gasteiger partial charge in [-0.3, -0.25) is 4.98 Å². The molecule has 0 amide bonds. The SMILES string of the molecule is NC(=S)c1ccncc1NCc1cccc(Cl)c1. The second kappa shape index (κ2) is 5.80. The molecular weight excluding hydrogens is 266 g/mol. The molecule has 0 unspecified atom stereocenters. The third-order valence-corrected chi connectivity index (χ3v) is 2.91. The Morgan fingerprint density at radius 1 is 1.39 bits per heavy atom. The summed E-state index contributed by atoms with van der Waals surface area (Å²) in [5, 5.41) is 3.97. The molecule has 0 fully saturated rings. The van der Waals surface area contributed by atoms with Gasteiger partial charge >= 0.3 is 0 Å². The van der Waals surface area contributed by atoms with Gasteiger partial charge in [0.1, 0.15) is 4.99 Å². The standard InChI is InChI=1S/C13H12ClN3S/c14-10-3-1-2-9(6-10)7-17-12-8-16-5-4-11(12)13(15)18/h1-6,8,17H,7H2,(H2,15,18). The zero-order valence-electron chi connectivity index (χ0n) is 9.56. The molecule has 0 atom stereocenters. The van der Waals surface area contributed by atoms with Crippen LogP contribution < -0.4 is 11.1 Å². The summed E-state index contributed by atoms with van der Waals surface area (Å²) in [6.45, 7) is 0.641. The van der Waals surface area contributed by atoms with Crippen molar-refractivity contribution in [2.75, 3.05) is 5.32 Å². The summed E-state index contributed by atoms with van der Waals surface area (Å²) in [7, 11) is 0. The minimum Gasteiger partial charge on any atom is -0.389 e. The largest absolute Gasteiger partial charge is 0.389 e. The van der Waals surface area contributed by atoms with Gasteiger partial charge in [-0.25, -0.2) is 0 Å². The quantitative estimate of drug-likeness (QED) is 0.844. The lowest BCUT2D eigenvalue weighted by atomic mass is 10.2. The lowest BCUT2D eigenvalue weighted by Gasteiger charge is -2.10. The van der Waals surface area contributed by atoms with Crippen LogP contribution in [0.15, 0.2) is 42.7 Å². The Hall–Kier alpha value is -1.65. The van der Waals surface area contributed by atoms with E-state index in [0.717, 1.165) is 21.8 Å². The number of nitrogens with two attached hydrogens (primary N) is 1. The van der Waals surface area contributed by atoms with E-state index in [0.29, 0.717) is 11.5 Å². The van der Waals surface area contributed by atoms with Crippen LogP contribution in [0.5, 0.6) is 0 Å². The highest BCUT2D eigenvalue weighted by atomic mass is 35.5. The molecule has 0 radical (unpaired) electrons. The maximum absolute atomic E-state index is 5.93. The second-order valence-corrected chi connectivity index (χ2v) is 4.65. The van der Waals surface area contributed by atoms with Gasteiger partial charge in [-0.2, -0.15) is 0 Å². The van der Waals surface area contributed by atoms with E-state index >= 15 is 0 Å². The molecule has 0 bridgehead atoms. The molecule has 5 heteroatoms. The number of rotatable bonds is 4. The van der Waals surface area contributed by atoms with Crippen molar-refractivity contribution in [2.45, 2.75) is 6.54 Å². The Labute approximate surface area is 116 Å². The normalized spacial score (nSPS) is 10.1. The van der Waals surface area contributed by atoms with Gasteiger partial charge in [0.25, 0.3) is 0 Å². The summed E-state index contributed by atoms with van der Waals surface area (Å²) in [6.07, 6.45) is 3.37. The maximum atomic E-state index is 5.93. The molecule has 0 spiro atoms. The first-order valence-corrected chi connectivity index (χ1v) is 6.17. The average Bonchev–Trinajstić information content (AvgIpc) is 2.37. The Morgan fingerprint density at radius 2 is 2.22 bits per heavy atom. The van der Waals surface area contributed by atoms with Crippen LogP contribution in [-0.2, 0) is 6.54 Å². The zero-order valence-corrected chi connectivity index (χ0v) is 11.1. The predicted octanol–water partition coefficient (Wildman–Crippen LogP) is 2.98. The van der Waals surface area contributed by atoms with Crippen molar-refractivity contribution in [1.29, 1.82) is 0 Å². The molecule has 0 aliphatic heterocycles. The third-order valence-electron chi connectivity index (χ3n) is 2.46. The van der Waals surface area contributed by atoms with Gasteiger partial charge in [-0.15, -0.1) is 0 Å². The van der Waals surface area contributed by atoms with E-state index < -0.39 is 0 Å². The Bertz CT molecular complexity index is 572. The number of nitrogens with one attached hydrogen (secondary N) is 1. The van der Waals surface area contributed by atoms with Gasteiger partial charge in [0, 0.05) is 23.3 Å². The van der Waals surface area contributed by atoms with Crippen molar-refractivity contribution in [3.05, 3.63) is 58.9 Å². The summed E-state index contributed by atoms with van der Waals surface area (Å²) in [5.74, 6) is 0. The number of anilines is 1. The molecule has 18 heavy (non-hydrogen) atoms. The Kier molecular flexibility index (Phi) is 4.12. The monoisotopic (exact) mass is 277 g/mol. The van der Waals surface area contributed by atoms with Crippen LogP contribution in [0.2, 0.25) is 5.02 Å². The fourth-order valence-corrected chi connectivity index (χ4v) is 1.99. The fraction of sp³-hybridized carbons (Fsp3) is 0.0769. The summed E-state index contributed by atoms with van der Waals surface area (Å²) in [5.41, 5.74) is 8.35. The molecule has 1 aromatic heterocycles. The van der Waals surface area contributed by atoms with Crippen LogP contribution in [0, 0.1) is 0 Å². The first-order chi connectivity index (χ1) is 8.66. The molecule has 92 valence electrons. The molecule has 0 aliphatic rings. The van der Waals surface area contributed by atoms with Gasteiger partial charge in [-0.1, -0.05) is 36.0 Å². The number of nitrogens with zero attached hydrogens (tertiary/aromatic N) is 1. The van der Waals surface area contributed by atoms with E-state index in [4.69, 9.17) is 29.6 Å². The molecule has 3 N–H and O–H groups in total. The van der Waals surface area contributed by atoms with E-state index in [1.807, 2.05) is 24.3 Å². The Morgan fingerprint density at radius 3 is 2.94 bits per heavy atom. The molecule has 0 saturated carbocycles. The predicted molar refractivity (Wildman–Crippen MR) is 78.9 cm³/mol. The van der Waals surface area contributed by atoms with E-state index in [2.05, 4.69) is 10.3 Å². The summed E-state index contributed by atoms with van der Waals surface area (Å²) < 4.78 is 0. The van der Waals surface area contributed by atoms with Gasteiger partial charge in [0.2, 0.25) is 0 Å². The highest BCUT2D eigenvalue weighted by Crippen LogP contribution is 2.16. The summed E-state index contributed by atoms with van der Waals surface area (Å²) >= 11 is 10.9. The lowest BCUT2D eigenvalue weighted by Crippen LogP contribution is -2.13. The number of benzene rings is 1. The highest BCUT2D eigenvalue weighted by Gasteiger charge is 2.04. The van der Waals surface area contributed by atoms with Crippen LogP contribution >= 0.6 is 23.8 Å². The number of pyridine rings is 1. The van der Waals surface area contributed by atoms with Crippen LogP contribution in [0.1, 0.15) is 11.1 Å². The van der Waals surface area contributed by atoms with Crippen molar-refractivity contribution in [1.82, 2.24) is 4.98 Å². The molecule has 0 aliphatic carbocycles. The third kappa shape index (κ3) is 3.18. The average molecular weight is 278 g/mol. The molecule has 2 aromatic rings.